The Labute approximate surface area is 117 Å². The third-order valence-electron chi connectivity index (χ3n) is 3.50. The molecule has 2 heterocycles. The number of carboxylic acid groups (broad SMARTS) is 1. The highest BCUT2D eigenvalue weighted by Gasteiger charge is 2.22. The van der Waals surface area contributed by atoms with E-state index in [1.807, 2.05) is 0 Å². The molecule has 7 heteroatoms. The molecule has 2 aromatic heterocycles. The molecule has 108 valence electrons. The van der Waals surface area contributed by atoms with Gasteiger partial charge in [-0.25, -0.2) is 9.48 Å². The van der Waals surface area contributed by atoms with E-state index in [0.29, 0.717) is 18.2 Å². The van der Waals surface area contributed by atoms with Crippen LogP contribution in [0.2, 0.25) is 0 Å². The van der Waals surface area contributed by atoms with Gasteiger partial charge in [0, 0.05) is 25.4 Å². The maximum absolute atomic E-state index is 11.3. The number of hydrogen-bond acceptors (Lipinski definition) is 4. The molecule has 2 aromatic rings. The Bertz CT molecular complexity index is 598. The second-order valence-electron chi connectivity index (χ2n) is 4.86. The van der Waals surface area contributed by atoms with Gasteiger partial charge >= 0.3 is 5.97 Å². The van der Waals surface area contributed by atoms with E-state index in [1.54, 1.807) is 28.8 Å². The summed E-state index contributed by atoms with van der Waals surface area (Å²) in [5.74, 6) is -0.617. The smallest absolute Gasteiger partial charge is 0.358 e. The molecule has 0 aliphatic carbocycles. The monoisotopic (exact) mass is 277 g/mol. The number of carbonyl (C=O) groups is 1. The van der Waals surface area contributed by atoms with Crippen molar-refractivity contribution in [3.8, 4) is 11.3 Å². The average molecular weight is 277 g/mol. The largest absolute Gasteiger partial charge is 0.476 e. The van der Waals surface area contributed by atoms with E-state index in [9.17, 15) is 9.90 Å². The Balaban J connectivity index is 2.45. The molecule has 0 radical (unpaired) electrons. The lowest BCUT2D eigenvalue weighted by molar-refractivity contribution is 0.0691. The summed E-state index contributed by atoms with van der Waals surface area (Å²) in [4.78, 5) is 11.3. The van der Waals surface area contributed by atoms with Crippen molar-refractivity contribution in [1.29, 1.82) is 0 Å². The van der Waals surface area contributed by atoms with E-state index < -0.39 is 5.97 Å². The molecule has 1 N–H and O–H groups in total. The molecule has 0 unspecified atom stereocenters. The molecular weight excluding hydrogens is 258 g/mol. The lowest BCUT2D eigenvalue weighted by Gasteiger charge is -2.13. The molecule has 0 fully saturated rings. The normalized spacial score (nSPS) is 11.2. The van der Waals surface area contributed by atoms with Crippen molar-refractivity contribution in [1.82, 2.24) is 24.8 Å². The summed E-state index contributed by atoms with van der Waals surface area (Å²) < 4.78 is 3.31. The van der Waals surface area contributed by atoms with Gasteiger partial charge < -0.3 is 5.11 Å². The fourth-order valence-electron chi connectivity index (χ4n) is 2.21. The number of aromatic carboxylic acids is 1. The first-order valence-electron chi connectivity index (χ1n) is 6.72. The minimum absolute atomic E-state index is 0.0241. The van der Waals surface area contributed by atoms with Crippen LogP contribution in [0, 0.1) is 5.92 Å². The van der Waals surface area contributed by atoms with E-state index in [2.05, 4.69) is 29.3 Å². The predicted molar refractivity (Wildman–Crippen MR) is 73.3 cm³/mol. The maximum atomic E-state index is 11.3. The molecule has 2 rings (SSSR count). The number of nitrogens with zero attached hydrogens (tertiary/aromatic N) is 5. The minimum atomic E-state index is -1.07. The van der Waals surface area contributed by atoms with E-state index >= 15 is 0 Å². The van der Waals surface area contributed by atoms with Gasteiger partial charge in [0.1, 0.15) is 5.69 Å². The van der Waals surface area contributed by atoms with Gasteiger partial charge in [0.05, 0.1) is 6.20 Å². The Kier molecular flexibility index (Phi) is 4.16. The molecule has 7 nitrogen and oxygen atoms in total. The summed E-state index contributed by atoms with van der Waals surface area (Å²) in [5, 5.41) is 21.1. The zero-order valence-corrected chi connectivity index (χ0v) is 11.9. The number of aromatic nitrogens is 5. The number of carboxylic acids is 1. The topological polar surface area (TPSA) is 85.8 Å². The van der Waals surface area contributed by atoms with Crippen molar-refractivity contribution in [3.05, 3.63) is 18.1 Å². The highest BCUT2D eigenvalue weighted by atomic mass is 16.4. The maximum Gasteiger partial charge on any atom is 0.358 e. The summed E-state index contributed by atoms with van der Waals surface area (Å²) in [7, 11) is 1.79. The number of hydrogen-bond donors (Lipinski definition) is 1. The van der Waals surface area contributed by atoms with Gasteiger partial charge in [0.2, 0.25) is 0 Å². The van der Waals surface area contributed by atoms with Crippen LogP contribution in [0.4, 0.5) is 0 Å². The zero-order chi connectivity index (χ0) is 14.7. The van der Waals surface area contributed by atoms with E-state index in [1.165, 1.54) is 0 Å². The third kappa shape index (κ3) is 2.71. The number of aryl methyl sites for hydroxylation is 1. The van der Waals surface area contributed by atoms with Crippen molar-refractivity contribution in [2.45, 2.75) is 33.2 Å². The average Bonchev–Trinajstić information content (AvgIpc) is 3.01. The van der Waals surface area contributed by atoms with Crippen LogP contribution in [-0.2, 0) is 13.6 Å². The zero-order valence-electron chi connectivity index (χ0n) is 11.9. The van der Waals surface area contributed by atoms with Crippen LogP contribution in [0.15, 0.2) is 12.4 Å². The van der Waals surface area contributed by atoms with Gasteiger partial charge in [-0.1, -0.05) is 31.9 Å². The lowest BCUT2D eigenvalue weighted by Crippen LogP contribution is -2.12. The van der Waals surface area contributed by atoms with Gasteiger partial charge in [0.25, 0.3) is 0 Å². The molecule has 0 spiro atoms. The second-order valence-corrected chi connectivity index (χ2v) is 4.86. The first-order chi connectivity index (χ1) is 9.56. The van der Waals surface area contributed by atoms with Crippen molar-refractivity contribution < 1.29 is 9.90 Å². The molecule has 0 aliphatic heterocycles. The molecule has 0 aromatic carbocycles. The van der Waals surface area contributed by atoms with E-state index in [4.69, 9.17) is 0 Å². The van der Waals surface area contributed by atoms with Crippen molar-refractivity contribution in [2.24, 2.45) is 13.0 Å². The highest BCUT2D eigenvalue weighted by Crippen LogP contribution is 2.23. The molecule has 0 saturated carbocycles. The Morgan fingerprint density at radius 1 is 1.40 bits per heavy atom. The van der Waals surface area contributed by atoms with E-state index in [-0.39, 0.29) is 5.69 Å². The molecule has 0 bridgehead atoms. The van der Waals surface area contributed by atoms with Crippen molar-refractivity contribution >= 4 is 5.97 Å². The van der Waals surface area contributed by atoms with Gasteiger partial charge in [-0.05, 0) is 5.92 Å². The molecule has 20 heavy (non-hydrogen) atoms. The molecule has 0 aliphatic rings. The van der Waals surface area contributed by atoms with Crippen LogP contribution in [0.5, 0.6) is 0 Å². The lowest BCUT2D eigenvalue weighted by atomic mass is 10.0. The summed E-state index contributed by atoms with van der Waals surface area (Å²) in [6, 6.07) is 0. The van der Waals surface area contributed by atoms with Crippen molar-refractivity contribution in [2.75, 3.05) is 0 Å². The minimum Gasteiger partial charge on any atom is -0.476 e. The molecule has 0 atom stereocenters. The second kappa shape index (κ2) is 5.85. The Hall–Kier alpha value is -2.18. The van der Waals surface area contributed by atoms with Gasteiger partial charge in [-0.15, -0.1) is 5.10 Å². The van der Waals surface area contributed by atoms with E-state index in [0.717, 1.165) is 18.4 Å². The van der Waals surface area contributed by atoms with Gasteiger partial charge in [0.15, 0.2) is 5.69 Å². The van der Waals surface area contributed by atoms with Gasteiger partial charge in [-0.3, -0.25) is 4.68 Å². The van der Waals surface area contributed by atoms with Crippen LogP contribution < -0.4 is 0 Å². The summed E-state index contributed by atoms with van der Waals surface area (Å²) in [6.45, 7) is 4.90. The fourth-order valence-corrected chi connectivity index (χ4v) is 2.21. The number of rotatable bonds is 6. The summed E-state index contributed by atoms with van der Waals surface area (Å²) in [6.07, 6.45) is 5.44. The fraction of sp³-hybridized carbons (Fsp3) is 0.538. The first kappa shape index (κ1) is 14.2. The SMILES string of the molecule is CCC(CC)Cn1nnc(C(=O)O)c1-c1cnn(C)c1. The van der Waals surface area contributed by atoms with Crippen LogP contribution >= 0.6 is 0 Å². The quantitative estimate of drug-likeness (QED) is 0.870. The van der Waals surface area contributed by atoms with Gasteiger partial charge in [-0.2, -0.15) is 5.10 Å². The Morgan fingerprint density at radius 2 is 2.10 bits per heavy atom. The predicted octanol–water partition coefficient (Wildman–Crippen LogP) is 1.81. The third-order valence-corrected chi connectivity index (χ3v) is 3.50. The standard InChI is InChI=1S/C13H19N5O2/c1-4-9(5-2)7-18-12(10-6-14-17(3)8-10)11(13(19)20)15-16-18/h6,8-9H,4-5,7H2,1-3H3,(H,19,20). The molecule has 0 saturated heterocycles. The summed E-state index contributed by atoms with van der Waals surface area (Å²) in [5.41, 5.74) is 1.22. The van der Waals surface area contributed by atoms with Crippen LogP contribution in [0.1, 0.15) is 37.2 Å². The van der Waals surface area contributed by atoms with Crippen LogP contribution in [0.25, 0.3) is 11.3 Å². The van der Waals surface area contributed by atoms with Crippen molar-refractivity contribution in [3.63, 3.8) is 0 Å². The summed E-state index contributed by atoms with van der Waals surface area (Å²) >= 11 is 0. The Morgan fingerprint density at radius 3 is 2.60 bits per heavy atom. The first-order valence-corrected chi connectivity index (χ1v) is 6.72. The molecule has 0 amide bonds. The highest BCUT2D eigenvalue weighted by molar-refractivity contribution is 5.92. The van der Waals surface area contributed by atoms with Crippen LogP contribution in [-0.4, -0.2) is 35.9 Å². The molecular formula is C13H19N5O2. The van der Waals surface area contributed by atoms with Crippen LogP contribution in [0.3, 0.4) is 0 Å².